The Hall–Kier alpha value is -0.0800. The molecule has 1 aliphatic carbocycles. The Labute approximate surface area is 67.9 Å². The normalized spacial score (nSPS) is 50.7. The van der Waals surface area contributed by atoms with Gasteiger partial charge in [0.15, 0.2) is 6.29 Å². The van der Waals surface area contributed by atoms with Gasteiger partial charge >= 0.3 is 0 Å². The van der Waals surface area contributed by atoms with Crippen LogP contribution in [0.3, 0.4) is 0 Å². The van der Waals surface area contributed by atoms with Crippen molar-refractivity contribution in [1.29, 1.82) is 0 Å². The van der Waals surface area contributed by atoms with Crippen LogP contribution in [-0.2, 0) is 9.47 Å². The molecule has 0 aromatic carbocycles. The molecule has 2 aliphatic rings. The minimum atomic E-state index is 0.0168. The van der Waals surface area contributed by atoms with Crippen molar-refractivity contribution in [1.82, 2.24) is 0 Å². The van der Waals surface area contributed by atoms with Crippen LogP contribution in [0.4, 0.5) is 0 Å². The van der Waals surface area contributed by atoms with Gasteiger partial charge in [-0.1, -0.05) is 12.8 Å². The van der Waals surface area contributed by atoms with Crippen molar-refractivity contribution >= 4 is 0 Å². The third-order valence-electron chi connectivity index (χ3n) is 2.86. The molecule has 0 aromatic rings. The predicted molar refractivity (Wildman–Crippen MR) is 42.3 cm³/mol. The Bertz CT molecular complexity index is 158. The van der Waals surface area contributed by atoms with E-state index in [-0.39, 0.29) is 11.9 Å². The van der Waals surface area contributed by atoms with Gasteiger partial charge in [0, 0.05) is 0 Å². The van der Waals surface area contributed by atoms with Crippen molar-refractivity contribution in [2.45, 2.75) is 57.5 Å². The van der Waals surface area contributed by atoms with E-state index in [1.165, 1.54) is 25.7 Å². The van der Waals surface area contributed by atoms with Gasteiger partial charge in [0.1, 0.15) is 0 Å². The maximum Gasteiger partial charge on any atom is 0.156 e. The van der Waals surface area contributed by atoms with Crippen LogP contribution in [0.25, 0.3) is 0 Å². The summed E-state index contributed by atoms with van der Waals surface area (Å²) in [7, 11) is 0. The van der Waals surface area contributed by atoms with E-state index in [2.05, 4.69) is 6.92 Å². The quantitative estimate of drug-likeness (QED) is 0.534. The summed E-state index contributed by atoms with van der Waals surface area (Å²) in [5.41, 5.74) is 0.0394. The molecular weight excluding hydrogens is 140 g/mol. The van der Waals surface area contributed by atoms with Crippen LogP contribution in [0.2, 0.25) is 0 Å². The van der Waals surface area contributed by atoms with Crippen LogP contribution >= 0.6 is 0 Å². The SMILES string of the molecule is CC1OC2CCCCC2(C)O1. The topological polar surface area (TPSA) is 18.5 Å². The highest BCUT2D eigenvalue weighted by Crippen LogP contribution is 2.39. The fourth-order valence-electron chi connectivity index (χ4n) is 2.26. The largest absolute Gasteiger partial charge is 0.347 e. The van der Waals surface area contributed by atoms with Gasteiger partial charge in [-0.2, -0.15) is 0 Å². The lowest BCUT2D eigenvalue weighted by Crippen LogP contribution is -2.39. The molecule has 2 fully saturated rings. The molecule has 2 nitrogen and oxygen atoms in total. The van der Waals surface area contributed by atoms with E-state index in [1.807, 2.05) is 6.92 Å². The van der Waals surface area contributed by atoms with Crippen LogP contribution in [0.1, 0.15) is 39.5 Å². The second-order valence-corrected chi connectivity index (χ2v) is 3.87. The maximum absolute atomic E-state index is 5.73. The third kappa shape index (κ3) is 1.18. The lowest BCUT2D eigenvalue weighted by Gasteiger charge is -2.32. The molecule has 1 saturated carbocycles. The summed E-state index contributed by atoms with van der Waals surface area (Å²) in [6, 6.07) is 0. The molecule has 1 saturated heterocycles. The third-order valence-corrected chi connectivity index (χ3v) is 2.86. The Morgan fingerprint density at radius 3 is 2.91 bits per heavy atom. The highest BCUT2D eigenvalue weighted by atomic mass is 16.7. The zero-order valence-electron chi connectivity index (χ0n) is 7.30. The fourth-order valence-corrected chi connectivity index (χ4v) is 2.26. The monoisotopic (exact) mass is 156 g/mol. The average Bonchev–Trinajstić information content (AvgIpc) is 2.22. The fraction of sp³-hybridized carbons (Fsp3) is 1.00. The highest BCUT2D eigenvalue weighted by molar-refractivity contribution is 4.92. The van der Waals surface area contributed by atoms with Crippen molar-refractivity contribution in [2.75, 3.05) is 0 Å². The zero-order chi connectivity index (χ0) is 7.90. The summed E-state index contributed by atoms with van der Waals surface area (Å²) in [4.78, 5) is 0. The summed E-state index contributed by atoms with van der Waals surface area (Å²) in [6.45, 7) is 4.17. The van der Waals surface area contributed by atoms with E-state index in [0.717, 1.165) is 0 Å². The van der Waals surface area contributed by atoms with Crippen molar-refractivity contribution in [3.8, 4) is 0 Å². The predicted octanol–water partition coefficient (Wildman–Crippen LogP) is 2.08. The Kier molecular flexibility index (Phi) is 1.69. The molecular formula is C9H16O2. The number of ether oxygens (including phenoxy) is 2. The molecule has 2 heteroatoms. The molecule has 0 radical (unpaired) electrons. The molecule has 64 valence electrons. The van der Waals surface area contributed by atoms with Crippen molar-refractivity contribution in [2.24, 2.45) is 0 Å². The van der Waals surface area contributed by atoms with Gasteiger partial charge in [-0.3, -0.25) is 0 Å². The second-order valence-electron chi connectivity index (χ2n) is 3.87. The smallest absolute Gasteiger partial charge is 0.156 e. The van der Waals surface area contributed by atoms with E-state index in [1.54, 1.807) is 0 Å². The number of rotatable bonds is 0. The first-order chi connectivity index (χ1) is 5.21. The molecule has 1 heterocycles. The second kappa shape index (κ2) is 2.46. The van der Waals surface area contributed by atoms with Crippen molar-refractivity contribution in [3.05, 3.63) is 0 Å². The van der Waals surface area contributed by atoms with Crippen molar-refractivity contribution < 1.29 is 9.47 Å². The molecule has 11 heavy (non-hydrogen) atoms. The molecule has 0 N–H and O–H groups in total. The summed E-state index contributed by atoms with van der Waals surface area (Å²) in [6.07, 6.45) is 5.33. The molecule has 0 aromatic heterocycles. The Morgan fingerprint density at radius 2 is 2.18 bits per heavy atom. The lowest BCUT2D eigenvalue weighted by molar-refractivity contribution is -0.0729. The minimum Gasteiger partial charge on any atom is -0.347 e. The van der Waals surface area contributed by atoms with Gasteiger partial charge in [0.25, 0.3) is 0 Å². The standard InChI is InChI=1S/C9H16O2/c1-7-10-8-5-3-4-6-9(8,2)11-7/h7-8H,3-6H2,1-2H3. The first kappa shape index (κ1) is 7.56. The van der Waals surface area contributed by atoms with Crippen LogP contribution in [0.5, 0.6) is 0 Å². The van der Waals surface area contributed by atoms with Gasteiger partial charge in [-0.05, 0) is 26.7 Å². The maximum atomic E-state index is 5.73. The summed E-state index contributed by atoms with van der Waals surface area (Å²) < 4.78 is 11.4. The molecule has 0 spiro atoms. The Morgan fingerprint density at radius 1 is 1.36 bits per heavy atom. The first-order valence-electron chi connectivity index (χ1n) is 4.54. The van der Waals surface area contributed by atoms with Gasteiger partial charge < -0.3 is 9.47 Å². The van der Waals surface area contributed by atoms with Gasteiger partial charge in [0.05, 0.1) is 11.7 Å². The van der Waals surface area contributed by atoms with E-state index in [0.29, 0.717) is 6.10 Å². The molecule has 3 atom stereocenters. The zero-order valence-corrected chi connectivity index (χ0v) is 7.30. The van der Waals surface area contributed by atoms with Gasteiger partial charge in [-0.15, -0.1) is 0 Å². The number of hydrogen-bond donors (Lipinski definition) is 0. The van der Waals surface area contributed by atoms with Gasteiger partial charge in [0.2, 0.25) is 0 Å². The molecule has 3 unspecified atom stereocenters. The van der Waals surface area contributed by atoms with Crippen LogP contribution in [0.15, 0.2) is 0 Å². The van der Waals surface area contributed by atoms with E-state index >= 15 is 0 Å². The van der Waals surface area contributed by atoms with Gasteiger partial charge in [-0.25, -0.2) is 0 Å². The molecule has 0 bridgehead atoms. The van der Waals surface area contributed by atoms with Crippen LogP contribution < -0.4 is 0 Å². The van der Waals surface area contributed by atoms with E-state index in [4.69, 9.17) is 9.47 Å². The number of fused-ring (bicyclic) bond motifs is 1. The summed E-state index contributed by atoms with van der Waals surface area (Å²) >= 11 is 0. The lowest BCUT2D eigenvalue weighted by atomic mass is 9.84. The van der Waals surface area contributed by atoms with E-state index in [9.17, 15) is 0 Å². The molecule has 2 rings (SSSR count). The summed E-state index contributed by atoms with van der Waals surface area (Å²) in [5.74, 6) is 0. The first-order valence-corrected chi connectivity index (χ1v) is 4.54. The van der Waals surface area contributed by atoms with Crippen LogP contribution in [0, 0.1) is 0 Å². The number of hydrogen-bond acceptors (Lipinski definition) is 2. The highest BCUT2D eigenvalue weighted by Gasteiger charge is 2.45. The Balaban J connectivity index is 2.11. The van der Waals surface area contributed by atoms with Crippen LogP contribution in [-0.4, -0.2) is 18.0 Å². The minimum absolute atomic E-state index is 0.0168. The summed E-state index contributed by atoms with van der Waals surface area (Å²) in [5, 5.41) is 0. The molecule has 1 aliphatic heterocycles. The molecule has 0 amide bonds. The average molecular weight is 156 g/mol. The van der Waals surface area contributed by atoms with E-state index < -0.39 is 0 Å². The van der Waals surface area contributed by atoms with Crippen molar-refractivity contribution in [3.63, 3.8) is 0 Å².